The maximum Gasteiger partial charge on any atom is 0.224 e. The molecule has 0 aliphatic rings. The zero-order valence-corrected chi connectivity index (χ0v) is 9.74. The highest BCUT2D eigenvalue weighted by Gasteiger charge is 2.24. The fourth-order valence-corrected chi connectivity index (χ4v) is 2.41. The molecular weight excluding hydrogens is 210 g/mol. The van der Waals surface area contributed by atoms with Gasteiger partial charge in [0.05, 0.1) is 5.75 Å². The van der Waals surface area contributed by atoms with Crippen LogP contribution in [0.1, 0.15) is 13.8 Å². The lowest BCUT2D eigenvalue weighted by Crippen LogP contribution is -2.28. The van der Waals surface area contributed by atoms with Crippen LogP contribution in [0.2, 0.25) is 0 Å². The standard InChI is InChI=1S/C11H15NO2S/c1-9(2)11(12(13)14)8-15-10-6-4-3-5-7-10/h3-7,9,11H,8H2,1-2H3. The van der Waals surface area contributed by atoms with Gasteiger partial charge in [0, 0.05) is 15.7 Å². The van der Waals surface area contributed by atoms with Gasteiger partial charge in [-0.15, -0.1) is 11.8 Å². The van der Waals surface area contributed by atoms with Crippen LogP contribution in [0.3, 0.4) is 0 Å². The van der Waals surface area contributed by atoms with Crippen molar-refractivity contribution in [3.63, 3.8) is 0 Å². The minimum Gasteiger partial charge on any atom is -0.264 e. The number of nitrogens with zero attached hydrogens (tertiary/aromatic N) is 1. The SMILES string of the molecule is CC(C)C(CSc1ccccc1)[N+](=O)[O-]. The predicted octanol–water partition coefficient (Wildman–Crippen LogP) is 3.08. The monoisotopic (exact) mass is 225 g/mol. The van der Waals surface area contributed by atoms with E-state index in [1.54, 1.807) is 11.8 Å². The second-order valence-corrected chi connectivity index (χ2v) is 4.81. The van der Waals surface area contributed by atoms with Crippen LogP contribution in [0.4, 0.5) is 0 Å². The van der Waals surface area contributed by atoms with Crippen molar-refractivity contribution in [1.29, 1.82) is 0 Å². The fourth-order valence-electron chi connectivity index (χ4n) is 1.20. The normalized spacial score (nSPS) is 12.7. The summed E-state index contributed by atoms with van der Waals surface area (Å²) in [5.74, 6) is 0.616. The summed E-state index contributed by atoms with van der Waals surface area (Å²) in [5.41, 5.74) is 0. The molecule has 3 nitrogen and oxygen atoms in total. The van der Waals surface area contributed by atoms with E-state index < -0.39 is 6.04 Å². The Balaban J connectivity index is 2.51. The first-order valence-corrected chi connectivity index (χ1v) is 5.91. The van der Waals surface area contributed by atoms with E-state index in [1.165, 1.54) is 0 Å². The first-order valence-electron chi connectivity index (χ1n) is 4.92. The third-order valence-corrected chi connectivity index (χ3v) is 3.32. The summed E-state index contributed by atoms with van der Waals surface area (Å²) >= 11 is 1.54. The molecule has 0 saturated carbocycles. The molecule has 0 heterocycles. The van der Waals surface area contributed by atoms with Crippen molar-refractivity contribution in [2.24, 2.45) is 5.92 Å². The largest absolute Gasteiger partial charge is 0.264 e. The van der Waals surface area contributed by atoms with Crippen LogP contribution >= 0.6 is 11.8 Å². The fraction of sp³-hybridized carbons (Fsp3) is 0.455. The molecule has 0 radical (unpaired) electrons. The molecule has 1 rings (SSSR count). The minimum atomic E-state index is -0.463. The Hall–Kier alpha value is -1.03. The molecule has 15 heavy (non-hydrogen) atoms. The average molecular weight is 225 g/mol. The predicted molar refractivity (Wildman–Crippen MR) is 62.8 cm³/mol. The molecular formula is C11H15NO2S. The summed E-state index contributed by atoms with van der Waals surface area (Å²) in [6.45, 7) is 3.78. The Kier molecular flexibility index (Phi) is 4.62. The van der Waals surface area contributed by atoms with Gasteiger partial charge in [-0.2, -0.15) is 0 Å². The highest BCUT2D eigenvalue weighted by atomic mass is 32.2. The Labute approximate surface area is 94.0 Å². The van der Waals surface area contributed by atoms with Crippen LogP contribution < -0.4 is 0 Å². The summed E-state index contributed by atoms with van der Waals surface area (Å²) in [6, 6.07) is 9.31. The lowest BCUT2D eigenvalue weighted by Gasteiger charge is -2.12. The van der Waals surface area contributed by atoms with Crippen molar-refractivity contribution >= 4 is 11.8 Å². The molecule has 0 aliphatic carbocycles. The third kappa shape index (κ3) is 3.91. The lowest BCUT2D eigenvalue weighted by atomic mass is 10.1. The molecule has 0 fully saturated rings. The van der Waals surface area contributed by atoms with Crippen molar-refractivity contribution in [1.82, 2.24) is 0 Å². The summed E-state index contributed by atoms with van der Waals surface area (Å²) in [5, 5.41) is 10.8. The number of hydrogen-bond donors (Lipinski definition) is 0. The van der Waals surface area contributed by atoms with E-state index in [-0.39, 0.29) is 10.8 Å². The summed E-state index contributed by atoms with van der Waals surface area (Å²) in [4.78, 5) is 11.7. The number of hydrogen-bond acceptors (Lipinski definition) is 3. The first-order chi connectivity index (χ1) is 7.11. The van der Waals surface area contributed by atoms with E-state index in [0.717, 1.165) is 4.90 Å². The van der Waals surface area contributed by atoms with Crippen molar-refractivity contribution < 1.29 is 4.92 Å². The highest BCUT2D eigenvalue weighted by molar-refractivity contribution is 7.99. The Morgan fingerprint density at radius 2 is 1.93 bits per heavy atom. The zero-order chi connectivity index (χ0) is 11.3. The maximum absolute atomic E-state index is 10.8. The topological polar surface area (TPSA) is 43.1 Å². The van der Waals surface area contributed by atoms with Gasteiger partial charge in [-0.05, 0) is 12.1 Å². The number of benzene rings is 1. The van der Waals surface area contributed by atoms with E-state index in [0.29, 0.717) is 5.75 Å². The Morgan fingerprint density at radius 1 is 1.33 bits per heavy atom. The lowest BCUT2D eigenvalue weighted by molar-refractivity contribution is -0.524. The molecule has 0 N–H and O–H groups in total. The van der Waals surface area contributed by atoms with Gasteiger partial charge in [0.15, 0.2) is 0 Å². The van der Waals surface area contributed by atoms with Crippen LogP contribution in [0.15, 0.2) is 35.2 Å². The van der Waals surface area contributed by atoms with E-state index in [9.17, 15) is 10.1 Å². The van der Waals surface area contributed by atoms with Crippen LogP contribution in [-0.2, 0) is 0 Å². The maximum atomic E-state index is 10.8. The van der Waals surface area contributed by atoms with Gasteiger partial charge in [0.25, 0.3) is 0 Å². The summed E-state index contributed by atoms with van der Waals surface area (Å²) in [6.07, 6.45) is 0. The second kappa shape index (κ2) is 5.75. The van der Waals surface area contributed by atoms with E-state index in [1.807, 2.05) is 44.2 Å². The van der Waals surface area contributed by atoms with Crippen molar-refractivity contribution in [3.8, 4) is 0 Å². The van der Waals surface area contributed by atoms with Gasteiger partial charge in [-0.25, -0.2) is 0 Å². The van der Waals surface area contributed by atoms with Gasteiger partial charge in [0.1, 0.15) is 0 Å². The van der Waals surface area contributed by atoms with Crippen molar-refractivity contribution in [2.75, 3.05) is 5.75 Å². The Bertz CT molecular complexity index is 314. The molecule has 0 saturated heterocycles. The van der Waals surface area contributed by atoms with Gasteiger partial charge in [-0.3, -0.25) is 10.1 Å². The van der Waals surface area contributed by atoms with Gasteiger partial charge in [-0.1, -0.05) is 32.0 Å². The average Bonchev–Trinajstić information content (AvgIpc) is 2.18. The van der Waals surface area contributed by atoms with Gasteiger partial charge < -0.3 is 0 Å². The molecule has 0 bridgehead atoms. The van der Waals surface area contributed by atoms with Crippen molar-refractivity contribution in [3.05, 3.63) is 40.4 Å². The van der Waals surface area contributed by atoms with Gasteiger partial charge in [0.2, 0.25) is 6.04 Å². The number of rotatable bonds is 5. The van der Waals surface area contributed by atoms with Crippen LogP contribution in [0.5, 0.6) is 0 Å². The molecule has 1 unspecified atom stereocenters. The number of nitro groups is 1. The van der Waals surface area contributed by atoms with E-state index in [4.69, 9.17) is 0 Å². The minimum absolute atomic E-state index is 0.0798. The third-order valence-electron chi connectivity index (χ3n) is 2.20. The zero-order valence-electron chi connectivity index (χ0n) is 8.92. The van der Waals surface area contributed by atoms with Crippen LogP contribution in [0.25, 0.3) is 0 Å². The molecule has 1 aromatic carbocycles. The summed E-state index contributed by atoms with van der Waals surface area (Å²) in [7, 11) is 0. The molecule has 0 aromatic heterocycles. The van der Waals surface area contributed by atoms with Crippen LogP contribution in [-0.4, -0.2) is 16.7 Å². The Morgan fingerprint density at radius 3 is 2.40 bits per heavy atom. The number of thioether (sulfide) groups is 1. The van der Waals surface area contributed by atoms with E-state index >= 15 is 0 Å². The molecule has 82 valence electrons. The van der Waals surface area contributed by atoms with Crippen molar-refractivity contribution in [2.45, 2.75) is 24.8 Å². The molecule has 4 heteroatoms. The molecule has 0 aliphatic heterocycles. The van der Waals surface area contributed by atoms with Crippen LogP contribution in [0, 0.1) is 16.0 Å². The first kappa shape index (κ1) is 12.0. The molecule has 0 amide bonds. The quantitative estimate of drug-likeness (QED) is 0.439. The molecule has 1 atom stereocenters. The smallest absolute Gasteiger partial charge is 0.224 e. The molecule has 0 spiro atoms. The highest BCUT2D eigenvalue weighted by Crippen LogP contribution is 2.21. The van der Waals surface area contributed by atoms with Gasteiger partial charge >= 0.3 is 0 Å². The molecule has 1 aromatic rings. The summed E-state index contributed by atoms with van der Waals surface area (Å²) < 4.78 is 0. The van der Waals surface area contributed by atoms with E-state index in [2.05, 4.69) is 0 Å². The second-order valence-electron chi connectivity index (χ2n) is 3.72.